The lowest BCUT2D eigenvalue weighted by Crippen LogP contribution is -2.49. The number of fused-ring (bicyclic) bond motifs is 1. The predicted octanol–water partition coefficient (Wildman–Crippen LogP) is 2.51. The minimum atomic E-state index is -0.369. The fraction of sp³-hybridized carbons (Fsp3) is 0.583. The van der Waals surface area contributed by atoms with E-state index in [1.165, 1.54) is 6.07 Å². The summed E-state index contributed by atoms with van der Waals surface area (Å²) < 4.78 is 6.35. The molecule has 1 aromatic heterocycles. The zero-order valence-corrected chi connectivity index (χ0v) is 11.9. The Labute approximate surface area is 119 Å². The van der Waals surface area contributed by atoms with Crippen molar-refractivity contribution >= 4 is 27.4 Å². The number of hydrogen-bond donors (Lipinski definition) is 0. The molecule has 7 heteroatoms. The zero-order chi connectivity index (χ0) is 13.4. The van der Waals surface area contributed by atoms with Gasteiger partial charge in [-0.3, -0.25) is 10.1 Å². The standard InChI is InChI=1S/C12H14BrN3O3/c13-8-6-10(16(17)18)12(14-7-8)15-4-5-19-11-3-1-2-9(11)15/h6-7,9,11H,1-5H2. The van der Waals surface area contributed by atoms with E-state index in [-0.39, 0.29) is 22.8 Å². The van der Waals surface area contributed by atoms with Crippen molar-refractivity contribution in [1.29, 1.82) is 0 Å². The van der Waals surface area contributed by atoms with E-state index in [9.17, 15) is 10.1 Å². The molecule has 0 N–H and O–H groups in total. The van der Waals surface area contributed by atoms with Crippen LogP contribution in [0.25, 0.3) is 0 Å². The van der Waals surface area contributed by atoms with E-state index in [0.29, 0.717) is 23.4 Å². The van der Waals surface area contributed by atoms with Gasteiger partial charge in [-0.25, -0.2) is 4.98 Å². The molecule has 0 amide bonds. The number of anilines is 1. The summed E-state index contributed by atoms with van der Waals surface area (Å²) in [5.41, 5.74) is 0.0573. The number of nitrogens with zero attached hydrogens (tertiary/aromatic N) is 3. The first-order valence-electron chi connectivity index (χ1n) is 6.35. The number of pyridine rings is 1. The molecular formula is C12H14BrN3O3. The van der Waals surface area contributed by atoms with Gasteiger partial charge in [0.1, 0.15) is 0 Å². The molecule has 3 rings (SSSR count). The van der Waals surface area contributed by atoms with Gasteiger partial charge in [-0.15, -0.1) is 0 Å². The third-order valence-electron chi connectivity index (χ3n) is 3.76. The van der Waals surface area contributed by atoms with E-state index in [2.05, 4.69) is 20.9 Å². The van der Waals surface area contributed by atoms with Gasteiger partial charge >= 0.3 is 5.69 Å². The van der Waals surface area contributed by atoms with Crippen LogP contribution in [0.5, 0.6) is 0 Å². The Bertz CT molecular complexity index is 511. The molecule has 19 heavy (non-hydrogen) atoms. The highest BCUT2D eigenvalue weighted by molar-refractivity contribution is 9.10. The maximum Gasteiger partial charge on any atom is 0.312 e. The molecule has 2 heterocycles. The van der Waals surface area contributed by atoms with Crippen LogP contribution in [-0.4, -0.2) is 35.2 Å². The van der Waals surface area contributed by atoms with Crippen molar-refractivity contribution in [3.8, 4) is 0 Å². The van der Waals surface area contributed by atoms with Crippen LogP contribution in [0, 0.1) is 10.1 Å². The van der Waals surface area contributed by atoms with Crippen LogP contribution >= 0.6 is 15.9 Å². The Hall–Kier alpha value is -1.21. The number of ether oxygens (including phenoxy) is 1. The van der Waals surface area contributed by atoms with Crippen LogP contribution in [0.3, 0.4) is 0 Å². The molecule has 0 radical (unpaired) electrons. The van der Waals surface area contributed by atoms with Crippen LogP contribution in [0.1, 0.15) is 19.3 Å². The third-order valence-corrected chi connectivity index (χ3v) is 4.20. The Morgan fingerprint density at radius 2 is 2.37 bits per heavy atom. The topological polar surface area (TPSA) is 68.5 Å². The summed E-state index contributed by atoms with van der Waals surface area (Å²) >= 11 is 3.23. The average molecular weight is 328 g/mol. The second-order valence-electron chi connectivity index (χ2n) is 4.85. The molecule has 2 aliphatic rings. The fourth-order valence-electron chi connectivity index (χ4n) is 2.97. The summed E-state index contributed by atoms with van der Waals surface area (Å²) in [6.45, 7) is 1.27. The molecule has 2 fully saturated rings. The van der Waals surface area contributed by atoms with Crippen molar-refractivity contribution in [3.05, 3.63) is 26.9 Å². The normalized spacial score (nSPS) is 26.3. The van der Waals surface area contributed by atoms with E-state index in [4.69, 9.17) is 4.74 Å². The van der Waals surface area contributed by atoms with Crippen LogP contribution in [0.4, 0.5) is 11.5 Å². The molecule has 0 spiro atoms. The van der Waals surface area contributed by atoms with Crippen molar-refractivity contribution in [3.63, 3.8) is 0 Å². The van der Waals surface area contributed by atoms with E-state index in [1.807, 2.05) is 4.90 Å². The Balaban J connectivity index is 1.98. The lowest BCUT2D eigenvalue weighted by molar-refractivity contribution is -0.384. The van der Waals surface area contributed by atoms with Gasteiger partial charge in [-0.1, -0.05) is 0 Å². The molecule has 0 bridgehead atoms. The quantitative estimate of drug-likeness (QED) is 0.616. The summed E-state index contributed by atoms with van der Waals surface area (Å²) in [5.74, 6) is 0.466. The fourth-order valence-corrected chi connectivity index (χ4v) is 3.28. The highest BCUT2D eigenvalue weighted by atomic mass is 79.9. The Morgan fingerprint density at radius 3 is 3.16 bits per heavy atom. The van der Waals surface area contributed by atoms with Gasteiger partial charge in [0, 0.05) is 23.3 Å². The number of aromatic nitrogens is 1. The molecule has 102 valence electrons. The van der Waals surface area contributed by atoms with E-state index in [1.54, 1.807) is 6.20 Å². The molecule has 1 aromatic rings. The SMILES string of the molecule is O=[N+]([O-])c1cc(Br)cnc1N1CCOC2CCCC21. The van der Waals surface area contributed by atoms with Crippen molar-refractivity contribution in [2.24, 2.45) is 0 Å². The van der Waals surface area contributed by atoms with Gasteiger partial charge in [0.15, 0.2) is 0 Å². The molecule has 1 saturated heterocycles. The second-order valence-corrected chi connectivity index (χ2v) is 5.77. The lowest BCUT2D eigenvalue weighted by Gasteiger charge is -2.38. The van der Waals surface area contributed by atoms with Gasteiger partial charge in [0.05, 0.1) is 23.7 Å². The summed E-state index contributed by atoms with van der Waals surface area (Å²) in [4.78, 5) is 17.1. The van der Waals surface area contributed by atoms with E-state index >= 15 is 0 Å². The van der Waals surface area contributed by atoms with Gasteiger partial charge in [0.25, 0.3) is 0 Å². The van der Waals surface area contributed by atoms with E-state index < -0.39 is 0 Å². The predicted molar refractivity (Wildman–Crippen MR) is 73.3 cm³/mol. The third kappa shape index (κ3) is 2.32. The number of halogens is 1. The van der Waals surface area contributed by atoms with Crippen LogP contribution in [-0.2, 0) is 4.74 Å². The number of nitro groups is 1. The van der Waals surface area contributed by atoms with Crippen LogP contribution < -0.4 is 4.90 Å². The van der Waals surface area contributed by atoms with Gasteiger partial charge < -0.3 is 9.64 Å². The molecular weight excluding hydrogens is 314 g/mol. The average Bonchev–Trinajstić information content (AvgIpc) is 2.86. The molecule has 1 aliphatic carbocycles. The summed E-state index contributed by atoms with van der Waals surface area (Å²) in [5, 5.41) is 11.2. The molecule has 6 nitrogen and oxygen atoms in total. The maximum atomic E-state index is 11.2. The van der Waals surface area contributed by atoms with Gasteiger partial charge in [0.2, 0.25) is 5.82 Å². The number of rotatable bonds is 2. The molecule has 2 atom stereocenters. The largest absolute Gasteiger partial charge is 0.374 e. The number of hydrogen-bond acceptors (Lipinski definition) is 5. The first-order chi connectivity index (χ1) is 9.16. The molecule has 2 unspecified atom stereocenters. The van der Waals surface area contributed by atoms with Crippen molar-refractivity contribution in [2.75, 3.05) is 18.1 Å². The molecule has 1 saturated carbocycles. The minimum absolute atomic E-state index is 0.0573. The van der Waals surface area contributed by atoms with Crippen molar-refractivity contribution < 1.29 is 9.66 Å². The Morgan fingerprint density at radius 1 is 1.53 bits per heavy atom. The van der Waals surface area contributed by atoms with Crippen molar-refractivity contribution in [2.45, 2.75) is 31.4 Å². The summed E-state index contributed by atoms with van der Waals surface area (Å²) in [6, 6.07) is 1.74. The van der Waals surface area contributed by atoms with E-state index in [0.717, 1.165) is 19.3 Å². The summed E-state index contributed by atoms with van der Waals surface area (Å²) in [7, 11) is 0. The zero-order valence-electron chi connectivity index (χ0n) is 10.3. The first kappa shape index (κ1) is 12.8. The van der Waals surface area contributed by atoms with Gasteiger partial charge in [-0.05, 0) is 35.2 Å². The number of morpholine rings is 1. The van der Waals surface area contributed by atoms with Crippen LogP contribution in [0.2, 0.25) is 0 Å². The highest BCUT2D eigenvalue weighted by Crippen LogP contribution is 2.36. The highest BCUT2D eigenvalue weighted by Gasteiger charge is 2.39. The lowest BCUT2D eigenvalue weighted by atomic mass is 10.1. The molecule has 1 aliphatic heterocycles. The van der Waals surface area contributed by atoms with Crippen LogP contribution in [0.15, 0.2) is 16.7 Å². The van der Waals surface area contributed by atoms with Crippen molar-refractivity contribution in [1.82, 2.24) is 4.98 Å². The molecule has 0 aromatic carbocycles. The summed E-state index contributed by atoms with van der Waals surface area (Å²) in [6.07, 6.45) is 4.96. The maximum absolute atomic E-state index is 11.2. The smallest absolute Gasteiger partial charge is 0.312 e. The van der Waals surface area contributed by atoms with Gasteiger partial charge in [-0.2, -0.15) is 0 Å². The monoisotopic (exact) mass is 327 g/mol. The minimum Gasteiger partial charge on any atom is -0.374 e. The Kier molecular flexibility index (Phi) is 3.40. The first-order valence-corrected chi connectivity index (χ1v) is 7.14. The second kappa shape index (κ2) is 5.05.